The molecule has 0 radical (unpaired) electrons. The summed E-state index contributed by atoms with van der Waals surface area (Å²) in [5, 5.41) is 19.4. The van der Waals surface area contributed by atoms with Gasteiger partial charge in [0.05, 0.1) is 10.5 Å². The summed E-state index contributed by atoms with van der Waals surface area (Å²) in [7, 11) is -3.83. The van der Waals surface area contributed by atoms with E-state index in [0.29, 0.717) is 0 Å². The van der Waals surface area contributed by atoms with Crippen molar-refractivity contribution in [2.75, 3.05) is 0 Å². The first-order valence-electron chi connectivity index (χ1n) is 9.61. The Balaban J connectivity index is 1.56. The van der Waals surface area contributed by atoms with Crippen LogP contribution in [0.1, 0.15) is 11.1 Å². The number of benzene rings is 2. The zero-order valence-electron chi connectivity index (χ0n) is 16.3. The Morgan fingerprint density at radius 1 is 0.645 bits per heavy atom. The van der Waals surface area contributed by atoms with Crippen molar-refractivity contribution >= 4 is 9.84 Å². The van der Waals surface area contributed by atoms with Crippen LogP contribution in [0.15, 0.2) is 97.1 Å². The average Bonchev–Trinajstić information content (AvgIpc) is 2.75. The van der Waals surface area contributed by atoms with Crippen LogP contribution < -0.4 is 0 Å². The Morgan fingerprint density at radius 3 is 1.29 bits per heavy atom. The molecule has 2 aliphatic carbocycles. The third kappa shape index (κ3) is 3.80. The van der Waals surface area contributed by atoms with Crippen molar-refractivity contribution in [3.63, 3.8) is 0 Å². The Morgan fingerprint density at radius 2 is 0.968 bits per heavy atom. The fourth-order valence-electron chi connectivity index (χ4n) is 3.76. The summed E-state index contributed by atoms with van der Waals surface area (Å²) >= 11 is 0. The van der Waals surface area contributed by atoms with Crippen LogP contribution in [-0.4, -0.2) is 29.1 Å². The van der Waals surface area contributed by atoms with Gasteiger partial charge in [-0.3, -0.25) is 0 Å². The molecule has 2 aromatic rings. The molecule has 2 aromatic carbocycles. The zero-order valence-corrected chi connectivity index (χ0v) is 17.1. The highest BCUT2D eigenvalue weighted by Gasteiger charge is 2.37. The van der Waals surface area contributed by atoms with E-state index in [4.69, 9.17) is 0 Å². The summed E-state index contributed by atoms with van der Waals surface area (Å²) in [4.78, 5) is 0. The lowest BCUT2D eigenvalue weighted by Gasteiger charge is -2.29. The van der Waals surface area contributed by atoms with Crippen LogP contribution in [0, 0.1) is 11.6 Å². The van der Waals surface area contributed by atoms with E-state index in [-0.39, 0.29) is 11.1 Å². The standard InChI is InChI=1S/C24H20F2O4S/c25-21-7-3-1-5-19(21)23(27)13-9-17(10-14-23)31(29,30)18-11-15-24(28,16-12-18)20-6-2-4-8-22(20)26/h1-18,27-28H. The van der Waals surface area contributed by atoms with Crippen molar-refractivity contribution in [2.24, 2.45) is 0 Å². The van der Waals surface area contributed by atoms with Gasteiger partial charge < -0.3 is 10.2 Å². The molecular weight excluding hydrogens is 422 g/mol. The molecule has 2 aliphatic rings. The minimum Gasteiger partial charge on any atom is -0.377 e. The quantitative estimate of drug-likeness (QED) is 0.712. The Kier molecular flexibility index (Phi) is 5.29. The fraction of sp³-hybridized carbons (Fsp3) is 0.167. The molecule has 0 bridgehead atoms. The van der Waals surface area contributed by atoms with Gasteiger partial charge in [0.2, 0.25) is 0 Å². The fourth-order valence-corrected chi connectivity index (χ4v) is 5.31. The molecular formula is C24H20F2O4S. The van der Waals surface area contributed by atoms with Crippen LogP contribution in [0.25, 0.3) is 0 Å². The van der Waals surface area contributed by atoms with Gasteiger partial charge in [-0.25, -0.2) is 17.2 Å². The molecule has 0 heterocycles. The summed E-state index contributed by atoms with van der Waals surface area (Å²) in [5.74, 6) is -1.21. The van der Waals surface area contributed by atoms with Crippen molar-refractivity contribution < 1.29 is 27.4 Å². The SMILES string of the molecule is O=S(=O)(C1C=CC(O)(c2ccccc2F)C=C1)C1C=CC(O)(c2ccccc2F)C=C1. The van der Waals surface area contributed by atoms with E-state index in [1.165, 1.54) is 85.0 Å². The van der Waals surface area contributed by atoms with E-state index in [1.807, 2.05) is 0 Å². The molecule has 0 saturated heterocycles. The molecule has 0 aromatic heterocycles. The first kappa shape index (κ1) is 21.4. The largest absolute Gasteiger partial charge is 0.377 e. The van der Waals surface area contributed by atoms with Crippen molar-refractivity contribution in [3.8, 4) is 0 Å². The van der Waals surface area contributed by atoms with Crippen LogP contribution in [0.2, 0.25) is 0 Å². The second-order valence-electron chi connectivity index (χ2n) is 7.57. The summed E-state index contributed by atoms with van der Waals surface area (Å²) in [6, 6.07) is 11.4. The zero-order chi connectivity index (χ0) is 22.3. The van der Waals surface area contributed by atoms with Gasteiger partial charge in [-0.05, 0) is 36.4 Å². The molecule has 0 unspecified atom stereocenters. The average molecular weight is 442 g/mol. The number of hydrogen-bond acceptors (Lipinski definition) is 4. The predicted octanol–water partition coefficient (Wildman–Crippen LogP) is 3.44. The molecule has 0 aliphatic heterocycles. The number of aliphatic hydroxyl groups is 2. The summed E-state index contributed by atoms with van der Waals surface area (Å²) < 4.78 is 54.2. The van der Waals surface area contributed by atoms with Crippen LogP contribution in [0.5, 0.6) is 0 Å². The molecule has 4 rings (SSSR count). The summed E-state index contributed by atoms with van der Waals surface area (Å²) in [5.41, 5.74) is -3.46. The van der Waals surface area contributed by atoms with Gasteiger partial charge in [0.25, 0.3) is 0 Å². The molecule has 0 fully saturated rings. The summed E-state index contributed by atoms with van der Waals surface area (Å²) in [6.45, 7) is 0. The van der Waals surface area contributed by atoms with Gasteiger partial charge in [-0.15, -0.1) is 0 Å². The molecule has 0 spiro atoms. The van der Waals surface area contributed by atoms with Crippen LogP contribution >= 0.6 is 0 Å². The number of halogens is 2. The molecule has 0 amide bonds. The molecule has 31 heavy (non-hydrogen) atoms. The first-order chi connectivity index (χ1) is 14.7. The van der Waals surface area contributed by atoms with Crippen LogP contribution in [0.3, 0.4) is 0 Å². The van der Waals surface area contributed by atoms with Crippen molar-refractivity contribution in [1.29, 1.82) is 0 Å². The van der Waals surface area contributed by atoms with Gasteiger partial charge >= 0.3 is 0 Å². The molecule has 160 valence electrons. The Labute approximate surface area is 179 Å². The third-order valence-corrected chi connectivity index (χ3v) is 7.68. The minimum absolute atomic E-state index is 0.0192. The van der Waals surface area contributed by atoms with Gasteiger partial charge in [-0.2, -0.15) is 0 Å². The lowest BCUT2D eigenvalue weighted by atomic mass is 9.89. The van der Waals surface area contributed by atoms with Gasteiger partial charge in [0.15, 0.2) is 9.84 Å². The van der Waals surface area contributed by atoms with E-state index in [0.717, 1.165) is 0 Å². The van der Waals surface area contributed by atoms with Crippen molar-refractivity contribution in [3.05, 3.63) is 120 Å². The lowest BCUT2D eigenvalue weighted by Crippen LogP contribution is -2.34. The van der Waals surface area contributed by atoms with E-state index in [9.17, 15) is 27.4 Å². The Bertz CT molecular complexity index is 1110. The number of sulfone groups is 1. The maximum absolute atomic E-state index is 14.1. The highest BCUT2D eigenvalue weighted by atomic mass is 32.2. The van der Waals surface area contributed by atoms with Gasteiger partial charge in [0, 0.05) is 11.1 Å². The normalized spacial score (nSPS) is 29.9. The topological polar surface area (TPSA) is 74.6 Å². The van der Waals surface area contributed by atoms with Gasteiger partial charge in [0.1, 0.15) is 22.8 Å². The predicted molar refractivity (Wildman–Crippen MR) is 114 cm³/mol. The van der Waals surface area contributed by atoms with Crippen molar-refractivity contribution in [2.45, 2.75) is 21.7 Å². The smallest absolute Gasteiger partial charge is 0.170 e. The highest BCUT2D eigenvalue weighted by Crippen LogP contribution is 2.34. The number of rotatable bonds is 4. The van der Waals surface area contributed by atoms with Crippen molar-refractivity contribution in [1.82, 2.24) is 0 Å². The molecule has 2 N–H and O–H groups in total. The molecule has 4 nitrogen and oxygen atoms in total. The van der Waals surface area contributed by atoms with E-state index in [2.05, 4.69) is 0 Å². The van der Waals surface area contributed by atoms with E-state index in [1.54, 1.807) is 12.1 Å². The lowest BCUT2D eigenvalue weighted by molar-refractivity contribution is 0.136. The highest BCUT2D eigenvalue weighted by molar-refractivity contribution is 7.93. The van der Waals surface area contributed by atoms with Crippen LogP contribution in [-0.2, 0) is 21.0 Å². The summed E-state index contributed by atoms with van der Waals surface area (Å²) in [6.07, 6.45) is 10.2. The maximum atomic E-state index is 14.1. The van der Waals surface area contributed by atoms with E-state index < -0.39 is 43.2 Å². The maximum Gasteiger partial charge on any atom is 0.170 e. The second kappa shape index (κ2) is 7.67. The monoisotopic (exact) mass is 442 g/mol. The molecule has 0 saturated carbocycles. The molecule has 7 heteroatoms. The Hall–Kier alpha value is -2.87. The van der Waals surface area contributed by atoms with E-state index >= 15 is 0 Å². The minimum atomic E-state index is -3.83. The van der Waals surface area contributed by atoms with Crippen LogP contribution in [0.4, 0.5) is 8.78 Å². The van der Waals surface area contributed by atoms with Gasteiger partial charge in [-0.1, -0.05) is 60.7 Å². The second-order valence-corrected chi connectivity index (χ2v) is 9.83. The molecule has 0 atom stereocenters. The number of hydrogen-bond donors (Lipinski definition) is 2. The third-order valence-electron chi connectivity index (χ3n) is 5.53. The first-order valence-corrected chi connectivity index (χ1v) is 11.2.